The lowest BCUT2D eigenvalue weighted by molar-refractivity contribution is 1.23. The van der Waals surface area contributed by atoms with E-state index in [0.717, 1.165) is 5.39 Å². The van der Waals surface area contributed by atoms with Gasteiger partial charge in [0.2, 0.25) is 5.56 Å². The van der Waals surface area contributed by atoms with Crippen molar-refractivity contribution >= 4 is 11.0 Å². The molecule has 2 heterocycles. The van der Waals surface area contributed by atoms with E-state index in [9.17, 15) is 4.79 Å². The lowest BCUT2D eigenvalue weighted by Gasteiger charge is -1.92. The highest BCUT2D eigenvalue weighted by molar-refractivity contribution is 5.73. The normalized spacial score (nSPS) is 8.27. The molecule has 2 aromatic heterocycles. The Labute approximate surface area is 90.2 Å². The fourth-order valence-electron chi connectivity index (χ4n) is 0.981. The minimum Gasteiger partial charge on any atom is -0.307 e. The van der Waals surface area contributed by atoms with Crippen LogP contribution in [0.3, 0.4) is 0 Å². The fourth-order valence-corrected chi connectivity index (χ4v) is 0.981. The van der Waals surface area contributed by atoms with Gasteiger partial charge in [-0.1, -0.05) is 27.7 Å². The predicted octanol–water partition coefficient (Wildman–Crippen LogP) is 2.98. The maximum atomic E-state index is 10.8. The Hall–Kier alpha value is -1.64. The summed E-state index contributed by atoms with van der Waals surface area (Å²) in [5.74, 6) is 0. The first kappa shape index (κ1) is 13.4. The third-order valence-electron chi connectivity index (χ3n) is 1.49. The van der Waals surface area contributed by atoms with Crippen LogP contribution in [0.15, 0.2) is 35.3 Å². The van der Waals surface area contributed by atoms with Crippen LogP contribution >= 0.6 is 0 Å². The van der Waals surface area contributed by atoms with Gasteiger partial charge >= 0.3 is 0 Å². The van der Waals surface area contributed by atoms with Gasteiger partial charge in [-0.25, -0.2) is 4.98 Å². The number of hydrogen-bond donors (Lipinski definition) is 1. The van der Waals surface area contributed by atoms with Crippen molar-refractivity contribution in [2.24, 2.45) is 0 Å². The quantitative estimate of drug-likeness (QED) is 0.720. The van der Waals surface area contributed by atoms with Crippen molar-refractivity contribution in [2.45, 2.75) is 27.7 Å². The molecule has 0 aliphatic heterocycles. The third-order valence-corrected chi connectivity index (χ3v) is 1.49. The summed E-state index contributed by atoms with van der Waals surface area (Å²) in [6.45, 7) is 8.00. The molecular weight excluding hydrogens is 188 g/mol. The number of nitrogens with zero attached hydrogens (tertiary/aromatic N) is 1. The van der Waals surface area contributed by atoms with E-state index >= 15 is 0 Å². The summed E-state index contributed by atoms with van der Waals surface area (Å²) in [5, 5.41) is 0.951. The second-order valence-electron chi connectivity index (χ2n) is 2.26. The molecule has 3 nitrogen and oxygen atoms in total. The van der Waals surface area contributed by atoms with Crippen molar-refractivity contribution in [3.63, 3.8) is 0 Å². The van der Waals surface area contributed by atoms with Crippen LogP contribution in [-0.2, 0) is 0 Å². The summed E-state index contributed by atoms with van der Waals surface area (Å²) in [6.07, 6.45) is 1.65. The van der Waals surface area contributed by atoms with Gasteiger partial charge in [0.1, 0.15) is 5.65 Å². The summed E-state index contributed by atoms with van der Waals surface area (Å²) in [5.41, 5.74) is 0.524. The Morgan fingerprint density at radius 1 is 1.07 bits per heavy atom. The number of aromatic amines is 1. The van der Waals surface area contributed by atoms with Gasteiger partial charge in [-0.15, -0.1) is 0 Å². The van der Waals surface area contributed by atoms with Crippen LogP contribution in [0.5, 0.6) is 0 Å². The van der Waals surface area contributed by atoms with Crippen molar-refractivity contribution in [3.05, 3.63) is 40.8 Å². The zero-order valence-electron chi connectivity index (χ0n) is 9.74. The van der Waals surface area contributed by atoms with Gasteiger partial charge in [0.15, 0.2) is 0 Å². The third kappa shape index (κ3) is 3.94. The number of rotatable bonds is 0. The van der Waals surface area contributed by atoms with Crippen molar-refractivity contribution in [1.82, 2.24) is 9.97 Å². The molecule has 3 heteroatoms. The Balaban J connectivity index is 0.000000442. The molecule has 0 unspecified atom stereocenters. The van der Waals surface area contributed by atoms with E-state index in [1.54, 1.807) is 12.3 Å². The Morgan fingerprint density at radius 2 is 1.73 bits per heavy atom. The highest BCUT2D eigenvalue weighted by atomic mass is 16.1. The summed E-state index contributed by atoms with van der Waals surface area (Å²) in [4.78, 5) is 17.4. The lowest BCUT2D eigenvalue weighted by Crippen LogP contribution is -2.02. The van der Waals surface area contributed by atoms with E-state index in [4.69, 9.17) is 0 Å². The molecule has 0 amide bonds. The highest BCUT2D eigenvalue weighted by Crippen LogP contribution is 2.02. The SMILES string of the molecule is CC.CC.O=c1ccc2cccnc2[nH]1. The summed E-state index contributed by atoms with van der Waals surface area (Å²) < 4.78 is 0. The fraction of sp³-hybridized carbons (Fsp3) is 0.333. The van der Waals surface area contributed by atoms with Crippen LogP contribution in [0.2, 0.25) is 0 Å². The molecule has 0 atom stereocenters. The molecule has 15 heavy (non-hydrogen) atoms. The molecule has 0 aliphatic rings. The molecule has 0 fully saturated rings. The number of fused-ring (bicyclic) bond motifs is 1. The van der Waals surface area contributed by atoms with E-state index in [1.807, 2.05) is 39.8 Å². The summed E-state index contributed by atoms with van der Waals surface area (Å²) in [7, 11) is 0. The first-order chi connectivity index (χ1) is 7.36. The molecule has 2 rings (SSSR count). The summed E-state index contributed by atoms with van der Waals surface area (Å²) in [6, 6.07) is 6.98. The zero-order chi connectivity index (χ0) is 11.7. The Morgan fingerprint density at radius 3 is 2.40 bits per heavy atom. The molecule has 82 valence electrons. The second kappa shape index (κ2) is 7.74. The van der Waals surface area contributed by atoms with Crippen LogP contribution in [0.4, 0.5) is 0 Å². The van der Waals surface area contributed by atoms with E-state index in [2.05, 4.69) is 9.97 Å². The van der Waals surface area contributed by atoms with E-state index in [1.165, 1.54) is 6.07 Å². The minimum atomic E-state index is -0.115. The smallest absolute Gasteiger partial charge is 0.249 e. The van der Waals surface area contributed by atoms with Crippen molar-refractivity contribution in [2.75, 3.05) is 0 Å². The Kier molecular flexibility index (Phi) is 6.89. The van der Waals surface area contributed by atoms with Crippen molar-refractivity contribution in [1.29, 1.82) is 0 Å². The van der Waals surface area contributed by atoms with Crippen molar-refractivity contribution in [3.8, 4) is 0 Å². The molecule has 0 saturated heterocycles. The lowest BCUT2D eigenvalue weighted by atomic mass is 10.3. The van der Waals surface area contributed by atoms with Gasteiger partial charge in [0, 0.05) is 17.6 Å². The first-order valence-corrected chi connectivity index (χ1v) is 5.30. The van der Waals surface area contributed by atoms with Crippen LogP contribution in [0, 0.1) is 0 Å². The van der Waals surface area contributed by atoms with Gasteiger partial charge in [-0.05, 0) is 18.2 Å². The molecule has 0 radical (unpaired) electrons. The molecule has 1 N–H and O–H groups in total. The molecular formula is C12H18N2O. The van der Waals surface area contributed by atoms with Crippen molar-refractivity contribution < 1.29 is 0 Å². The van der Waals surface area contributed by atoms with Crippen LogP contribution in [0.1, 0.15) is 27.7 Å². The molecule has 0 saturated carbocycles. The van der Waals surface area contributed by atoms with E-state index < -0.39 is 0 Å². The zero-order valence-corrected chi connectivity index (χ0v) is 9.74. The molecule has 0 spiro atoms. The number of hydrogen-bond acceptors (Lipinski definition) is 2. The van der Waals surface area contributed by atoms with Gasteiger partial charge in [-0.2, -0.15) is 0 Å². The number of H-pyrrole nitrogens is 1. The summed E-state index contributed by atoms with van der Waals surface area (Å²) >= 11 is 0. The minimum absolute atomic E-state index is 0.115. The number of aromatic nitrogens is 2. The van der Waals surface area contributed by atoms with Gasteiger partial charge in [-0.3, -0.25) is 4.79 Å². The predicted molar refractivity (Wildman–Crippen MR) is 65.1 cm³/mol. The number of pyridine rings is 2. The highest BCUT2D eigenvalue weighted by Gasteiger charge is 1.90. The van der Waals surface area contributed by atoms with E-state index in [-0.39, 0.29) is 5.56 Å². The van der Waals surface area contributed by atoms with Crippen LogP contribution in [0.25, 0.3) is 11.0 Å². The van der Waals surface area contributed by atoms with Gasteiger partial charge in [0.25, 0.3) is 0 Å². The Bertz CT molecular complexity index is 435. The van der Waals surface area contributed by atoms with Gasteiger partial charge in [0.05, 0.1) is 0 Å². The maximum absolute atomic E-state index is 10.8. The van der Waals surface area contributed by atoms with Crippen LogP contribution < -0.4 is 5.56 Å². The standard InChI is InChI=1S/C8H6N2O.2C2H6/c11-7-4-3-6-2-1-5-9-8(6)10-7;2*1-2/h1-5H,(H,9,10,11);2*1-2H3. The molecule has 0 aromatic carbocycles. The molecule has 2 aromatic rings. The largest absolute Gasteiger partial charge is 0.307 e. The molecule has 0 bridgehead atoms. The topological polar surface area (TPSA) is 45.8 Å². The van der Waals surface area contributed by atoms with E-state index in [0.29, 0.717) is 5.65 Å². The maximum Gasteiger partial charge on any atom is 0.249 e. The number of nitrogens with one attached hydrogen (secondary N) is 1. The monoisotopic (exact) mass is 206 g/mol. The first-order valence-electron chi connectivity index (χ1n) is 5.30. The van der Waals surface area contributed by atoms with Crippen LogP contribution in [-0.4, -0.2) is 9.97 Å². The average molecular weight is 206 g/mol. The van der Waals surface area contributed by atoms with Gasteiger partial charge < -0.3 is 4.98 Å². The molecule has 0 aliphatic carbocycles. The average Bonchev–Trinajstić information content (AvgIpc) is 2.34. The second-order valence-corrected chi connectivity index (χ2v) is 2.26.